The lowest BCUT2D eigenvalue weighted by molar-refractivity contribution is -0.244. The Morgan fingerprint density at radius 3 is 2.12 bits per heavy atom. The van der Waals surface area contributed by atoms with Gasteiger partial charge in [-0.25, -0.2) is 8.78 Å². The number of halogens is 2. The number of ether oxygens (including phenoxy) is 1. The summed E-state index contributed by atoms with van der Waals surface area (Å²) in [6.07, 6.45) is 1.23. The number of hydrogen-bond donors (Lipinski definition) is 1. The van der Waals surface area contributed by atoms with E-state index in [0.717, 1.165) is 12.8 Å². The number of hydrogen-bond acceptors (Lipinski definition) is 3. The van der Waals surface area contributed by atoms with Crippen LogP contribution in [0.5, 0.6) is 0 Å². The molecule has 3 nitrogen and oxygen atoms in total. The van der Waals surface area contributed by atoms with Crippen molar-refractivity contribution in [2.24, 2.45) is 5.41 Å². The van der Waals surface area contributed by atoms with Crippen molar-refractivity contribution in [1.29, 1.82) is 0 Å². The molecule has 0 amide bonds. The van der Waals surface area contributed by atoms with Gasteiger partial charge in [-0.1, -0.05) is 12.8 Å². The summed E-state index contributed by atoms with van der Waals surface area (Å²) in [7, 11) is 1.18. The van der Waals surface area contributed by atoms with Crippen LogP contribution in [0.25, 0.3) is 0 Å². The first-order valence-electron chi connectivity index (χ1n) is 5.54. The van der Waals surface area contributed by atoms with Crippen LogP contribution >= 0.6 is 0 Å². The fourth-order valence-corrected chi connectivity index (χ4v) is 3.13. The Morgan fingerprint density at radius 1 is 1.25 bits per heavy atom. The van der Waals surface area contributed by atoms with E-state index in [1.54, 1.807) is 0 Å². The van der Waals surface area contributed by atoms with Gasteiger partial charge in [-0.2, -0.15) is 0 Å². The Labute approximate surface area is 92.8 Å². The first-order chi connectivity index (χ1) is 7.35. The lowest BCUT2D eigenvalue weighted by atomic mass is 9.56. The van der Waals surface area contributed by atoms with E-state index in [2.05, 4.69) is 4.74 Å². The Bertz CT molecular complexity index is 300. The highest BCUT2D eigenvalue weighted by molar-refractivity contribution is 5.80. The molecule has 2 saturated carbocycles. The van der Waals surface area contributed by atoms with Crippen molar-refractivity contribution < 1.29 is 23.4 Å². The summed E-state index contributed by atoms with van der Waals surface area (Å²) in [5.41, 5.74) is -2.66. The zero-order chi connectivity index (χ0) is 12.0. The molecule has 0 saturated heterocycles. The number of rotatable bonds is 2. The van der Waals surface area contributed by atoms with Gasteiger partial charge in [-0.05, 0) is 12.8 Å². The highest BCUT2D eigenvalue weighted by atomic mass is 19.3. The maximum atomic E-state index is 13.0. The first kappa shape index (κ1) is 11.8. The van der Waals surface area contributed by atoms with Crippen molar-refractivity contribution >= 4 is 5.97 Å². The molecule has 0 aromatic carbocycles. The summed E-state index contributed by atoms with van der Waals surface area (Å²) in [6.45, 7) is 0. The van der Waals surface area contributed by atoms with Gasteiger partial charge in [0, 0.05) is 12.8 Å². The van der Waals surface area contributed by atoms with Gasteiger partial charge in [0.2, 0.25) is 0 Å². The van der Waals surface area contributed by atoms with Crippen LogP contribution in [-0.4, -0.2) is 29.7 Å². The Balaban J connectivity index is 2.26. The van der Waals surface area contributed by atoms with Gasteiger partial charge in [0.05, 0.1) is 12.7 Å². The standard InChI is InChI=1S/C11H16F2O3/c1-16-8(14)9(6-11(12,13)7-9)10(15)4-2-3-5-10/h15H,2-7H2,1H3. The van der Waals surface area contributed by atoms with Gasteiger partial charge in [-0.15, -0.1) is 0 Å². The van der Waals surface area contributed by atoms with Crippen LogP contribution in [0.2, 0.25) is 0 Å². The molecular weight excluding hydrogens is 218 g/mol. The summed E-state index contributed by atoms with van der Waals surface area (Å²) in [4.78, 5) is 11.7. The van der Waals surface area contributed by atoms with Crippen LogP contribution in [0.1, 0.15) is 38.5 Å². The highest BCUT2D eigenvalue weighted by Crippen LogP contribution is 2.61. The van der Waals surface area contributed by atoms with E-state index in [9.17, 15) is 18.7 Å². The molecule has 0 radical (unpaired) electrons. The van der Waals surface area contributed by atoms with Crippen LogP contribution in [0, 0.1) is 5.41 Å². The smallest absolute Gasteiger partial charge is 0.315 e. The van der Waals surface area contributed by atoms with Crippen molar-refractivity contribution in [2.45, 2.75) is 50.0 Å². The van der Waals surface area contributed by atoms with E-state index in [0.29, 0.717) is 12.8 Å². The molecule has 0 aromatic rings. The van der Waals surface area contributed by atoms with Crippen molar-refractivity contribution in [1.82, 2.24) is 0 Å². The van der Waals surface area contributed by atoms with Crippen LogP contribution in [0.15, 0.2) is 0 Å². The topological polar surface area (TPSA) is 46.5 Å². The van der Waals surface area contributed by atoms with E-state index in [1.807, 2.05) is 0 Å². The molecule has 92 valence electrons. The molecule has 0 aromatic heterocycles. The molecule has 5 heteroatoms. The van der Waals surface area contributed by atoms with E-state index in [1.165, 1.54) is 7.11 Å². The average Bonchev–Trinajstić information content (AvgIpc) is 2.61. The molecule has 0 atom stereocenters. The summed E-state index contributed by atoms with van der Waals surface area (Å²) < 4.78 is 30.7. The quantitative estimate of drug-likeness (QED) is 0.742. The lowest BCUT2D eigenvalue weighted by Crippen LogP contribution is -2.63. The van der Waals surface area contributed by atoms with Gasteiger partial charge >= 0.3 is 5.97 Å². The molecule has 2 fully saturated rings. The highest BCUT2D eigenvalue weighted by Gasteiger charge is 2.70. The van der Waals surface area contributed by atoms with Crippen molar-refractivity contribution in [3.05, 3.63) is 0 Å². The van der Waals surface area contributed by atoms with Crippen LogP contribution in [0.4, 0.5) is 8.78 Å². The Hall–Kier alpha value is -0.710. The van der Waals surface area contributed by atoms with Crippen molar-refractivity contribution in [3.63, 3.8) is 0 Å². The van der Waals surface area contributed by atoms with Gasteiger partial charge < -0.3 is 9.84 Å². The second kappa shape index (κ2) is 3.39. The third-order valence-electron chi connectivity index (χ3n) is 4.02. The summed E-state index contributed by atoms with van der Waals surface area (Å²) in [5, 5.41) is 10.4. The largest absolute Gasteiger partial charge is 0.469 e. The number of alkyl halides is 2. The molecule has 16 heavy (non-hydrogen) atoms. The molecule has 1 N–H and O–H groups in total. The summed E-state index contributed by atoms with van der Waals surface area (Å²) in [6, 6.07) is 0. The molecule has 2 rings (SSSR count). The minimum atomic E-state index is -2.84. The molecular formula is C11H16F2O3. The Morgan fingerprint density at radius 2 is 1.75 bits per heavy atom. The predicted octanol–water partition coefficient (Wildman–Crippen LogP) is 1.88. The molecule has 0 aliphatic heterocycles. The van der Waals surface area contributed by atoms with Crippen LogP contribution < -0.4 is 0 Å². The predicted molar refractivity (Wildman–Crippen MR) is 52.0 cm³/mol. The van der Waals surface area contributed by atoms with E-state index >= 15 is 0 Å². The molecule has 0 heterocycles. The molecule has 0 unspecified atom stereocenters. The van der Waals surface area contributed by atoms with Crippen LogP contribution in [-0.2, 0) is 9.53 Å². The monoisotopic (exact) mass is 234 g/mol. The molecule has 0 spiro atoms. The normalized spacial score (nSPS) is 29.5. The molecule has 2 aliphatic rings. The van der Waals surface area contributed by atoms with Gasteiger partial charge in [0.25, 0.3) is 5.92 Å². The second-order valence-corrected chi connectivity index (χ2v) is 5.02. The third-order valence-corrected chi connectivity index (χ3v) is 4.02. The summed E-state index contributed by atoms with van der Waals surface area (Å²) >= 11 is 0. The number of carbonyl (C=O) groups excluding carboxylic acids is 1. The lowest BCUT2D eigenvalue weighted by Gasteiger charge is -2.52. The zero-order valence-corrected chi connectivity index (χ0v) is 9.26. The van der Waals surface area contributed by atoms with E-state index in [4.69, 9.17) is 0 Å². The zero-order valence-electron chi connectivity index (χ0n) is 9.26. The molecule has 0 bridgehead atoms. The van der Waals surface area contributed by atoms with E-state index < -0.39 is 35.7 Å². The first-order valence-corrected chi connectivity index (χ1v) is 5.54. The second-order valence-electron chi connectivity index (χ2n) is 5.02. The van der Waals surface area contributed by atoms with Gasteiger partial charge in [0.1, 0.15) is 5.41 Å². The number of aliphatic hydroxyl groups is 1. The van der Waals surface area contributed by atoms with Gasteiger partial charge in [0.15, 0.2) is 0 Å². The fourth-order valence-electron chi connectivity index (χ4n) is 3.13. The number of esters is 1. The Kier molecular flexibility index (Phi) is 2.49. The van der Waals surface area contributed by atoms with Crippen LogP contribution in [0.3, 0.4) is 0 Å². The fraction of sp³-hybridized carbons (Fsp3) is 0.909. The van der Waals surface area contributed by atoms with Crippen molar-refractivity contribution in [3.8, 4) is 0 Å². The van der Waals surface area contributed by atoms with Gasteiger partial charge in [-0.3, -0.25) is 4.79 Å². The van der Waals surface area contributed by atoms with Crippen molar-refractivity contribution in [2.75, 3.05) is 7.11 Å². The minimum absolute atomic E-state index is 0.415. The SMILES string of the molecule is COC(=O)C1(C2(O)CCCC2)CC(F)(F)C1. The number of methoxy groups -OCH3 is 1. The van der Waals surface area contributed by atoms with E-state index in [-0.39, 0.29) is 0 Å². The third kappa shape index (κ3) is 1.44. The number of carbonyl (C=O) groups is 1. The average molecular weight is 234 g/mol. The summed E-state index contributed by atoms with van der Waals surface area (Å²) in [5.74, 6) is -3.53. The minimum Gasteiger partial charge on any atom is -0.469 e. The molecule has 2 aliphatic carbocycles. The maximum absolute atomic E-state index is 13.0. The maximum Gasteiger partial charge on any atom is 0.315 e.